The summed E-state index contributed by atoms with van der Waals surface area (Å²) in [7, 11) is 0. The number of aromatic carboxylic acids is 1. The first-order valence-corrected chi connectivity index (χ1v) is 4.94. The monoisotopic (exact) mass is 213 g/mol. The van der Waals surface area contributed by atoms with Gasteiger partial charge in [-0.1, -0.05) is 30.3 Å². The van der Waals surface area contributed by atoms with Crippen molar-refractivity contribution in [1.29, 1.82) is 0 Å². The molecule has 1 heterocycles. The van der Waals surface area contributed by atoms with E-state index in [1.165, 1.54) is 0 Å². The van der Waals surface area contributed by atoms with Gasteiger partial charge in [-0.2, -0.15) is 0 Å². The van der Waals surface area contributed by atoms with Gasteiger partial charge in [0, 0.05) is 11.3 Å². The van der Waals surface area contributed by atoms with Crippen LogP contribution in [0, 0.1) is 6.92 Å². The number of hydrogen-bond donors (Lipinski definition) is 1. The number of aromatic nitrogens is 1. The zero-order chi connectivity index (χ0) is 11.5. The van der Waals surface area contributed by atoms with Crippen molar-refractivity contribution in [1.82, 2.24) is 4.98 Å². The molecule has 3 nitrogen and oxygen atoms in total. The molecule has 0 radical (unpaired) electrons. The minimum Gasteiger partial charge on any atom is -0.478 e. The Bertz CT molecular complexity index is 521. The fraction of sp³-hybridized carbons (Fsp3) is 0.0769. The molecule has 1 aromatic carbocycles. The Kier molecular flexibility index (Phi) is 2.68. The van der Waals surface area contributed by atoms with E-state index in [1.807, 2.05) is 30.3 Å². The second-order valence-electron chi connectivity index (χ2n) is 3.55. The molecule has 0 fully saturated rings. The summed E-state index contributed by atoms with van der Waals surface area (Å²) in [5.74, 6) is -0.928. The summed E-state index contributed by atoms with van der Waals surface area (Å²) in [6, 6.07) is 12.7. The van der Waals surface area contributed by atoms with Crippen LogP contribution < -0.4 is 0 Å². The maximum atomic E-state index is 10.9. The van der Waals surface area contributed by atoms with Gasteiger partial charge in [-0.05, 0) is 19.1 Å². The summed E-state index contributed by atoms with van der Waals surface area (Å²) in [5, 5.41) is 8.95. The zero-order valence-corrected chi connectivity index (χ0v) is 8.84. The maximum Gasteiger partial charge on any atom is 0.335 e. The standard InChI is InChI=1S/C13H11NO2/c1-9-7-11(13(15)16)8-12(14-9)10-5-3-2-4-6-10/h2-8H,1H3,(H,15,16). The second kappa shape index (κ2) is 4.14. The van der Waals surface area contributed by atoms with Crippen LogP contribution in [0.5, 0.6) is 0 Å². The number of nitrogens with zero attached hydrogens (tertiary/aromatic N) is 1. The fourth-order valence-corrected chi connectivity index (χ4v) is 1.55. The van der Waals surface area contributed by atoms with Crippen molar-refractivity contribution in [3.63, 3.8) is 0 Å². The molecule has 0 saturated heterocycles. The van der Waals surface area contributed by atoms with Gasteiger partial charge in [0.05, 0.1) is 11.3 Å². The van der Waals surface area contributed by atoms with Gasteiger partial charge in [0.2, 0.25) is 0 Å². The molecule has 2 rings (SSSR count). The third-order valence-corrected chi connectivity index (χ3v) is 2.27. The molecule has 3 heteroatoms. The van der Waals surface area contributed by atoms with Crippen molar-refractivity contribution in [2.24, 2.45) is 0 Å². The topological polar surface area (TPSA) is 50.2 Å². The highest BCUT2D eigenvalue weighted by Gasteiger charge is 2.07. The minimum absolute atomic E-state index is 0.270. The molecular weight excluding hydrogens is 202 g/mol. The number of hydrogen-bond acceptors (Lipinski definition) is 2. The third-order valence-electron chi connectivity index (χ3n) is 2.27. The average molecular weight is 213 g/mol. The van der Waals surface area contributed by atoms with Crippen LogP contribution in [0.3, 0.4) is 0 Å². The van der Waals surface area contributed by atoms with Crippen molar-refractivity contribution in [2.75, 3.05) is 0 Å². The van der Waals surface area contributed by atoms with Crippen molar-refractivity contribution in [3.05, 3.63) is 53.7 Å². The van der Waals surface area contributed by atoms with E-state index in [4.69, 9.17) is 5.11 Å². The predicted octanol–water partition coefficient (Wildman–Crippen LogP) is 2.76. The van der Waals surface area contributed by atoms with E-state index in [-0.39, 0.29) is 5.56 Å². The highest BCUT2D eigenvalue weighted by molar-refractivity contribution is 5.89. The SMILES string of the molecule is Cc1cc(C(=O)O)cc(-c2ccccc2)n1. The highest BCUT2D eigenvalue weighted by atomic mass is 16.4. The van der Waals surface area contributed by atoms with Gasteiger partial charge in [0.25, 0.3) is 0 Å². The van der Waals surface area contributed by atoms with Gasteiger partial charge >= 0.3 is 5.97 Å². The van der Waals surface area contributed by atoms with Crippen molar-refractivity contribution in [3.8, 4) is 11.3 Å². The Morgan fingerprint density at radius 1 is 1.19 bits per heavy atom. The zero-order valence-electron chi connectivity index (χ0n) is 8.84. The summed E-state index contributed by atoms with van der Waals surface area (Å²) < 4.78 is 0. The summed E-state index contributed by atoms with van der Waals surface area (Å²) in [6.45, 7) is 1.79. The predicted molar refractivity (Wildman–Crippen MR) is 61.4 cm³/mol. The van der Waals surface area contributed by atoms with Crippen LogP contribution in [0.15, 0.2) is 42.5 Å². The molecule has 1 N–H and O–H groups in total. The van der Waals surface area contributed by atoms with Crippen molar-refractivity contribution >= 4 is 5.97 Å². The Hall–Kier alpha value is -2.16. The number of carbonyl (C=O) groups is 1. The molecule has 0 aliphatic rings. The molecule has 0 amide bonds. The summed E-state index contributed by atoms with van der Waals surface area (Å²) >= 11 is 0. The maximum absolute atomic E-state index is 10.9. The first kappa shape index (κ1) is 10.4. The van der Waals surface area contributed by atoms with Crippen LogP contribution in [0.1, 0.15) is 16.1 Å². The average Bonchev–Trinajstić information content (AvgIpc) is 2.29. The molecule has 16 heavy (non-hydrogen) atoms. The summed E-state index contributed by atoms with van der Waals surface area (Å²) in [5.41, 5.74) is 2.59. The number of aryl methyl sites for hydroxylation is 1. The van der Waals surface area contributed by atoms with Crippen LogP contribution in [-0.2, 0) is 0 Å². The fourth-order valence-electron chi connectivity index (χ4n) is 1.55. The van der Waals surface area contributed by atoms with Crippen molar-refractivity contribution < 1.29 is 9.90 Å². The molecule has 2 aromatic rings. The van der Waals surface area contributed by atoms with E-state index in [0.717, 1.165) is 5.56 Å². The Morgan fingerprint density at radius 2 is 1.88 bits per heavy atom. The lowest BCUT2D eigenvalue weighted by molar-refractivity contribution is 0.0696. The number of carboxylic acid groups (broad SMARTS) is 1. The van der Waals surface area contributed by atoms with Gasteiger partial charge in [0.1, 0.15) is 0 Å². The van der Waals surface area contributed by atoms with E-state index in [0.29, 0.717) is 11.4 Å². The highest BCUT2D eigenvalue weighted by Crippen LogP contribution is 2.18. The van der Waals surface area contributed by atoms with Gasteiger partial charge in [-0.25, -0.2) is 4.79 Å². The summed E-state index contributed by atoms with van der Waals surface area (Å²) in [6.07, 6.45) is 0. The normalized spacial score (nSPS) is 10.1. The molecule has 0 spiro atoms. The number of rotatable bonds is 2. The molecule has 0 bridgehead atoms. The van der Waals surface area contributed by atoms with Crippen LogP contribution in [0.25, 0.3) is 11.3 Å². The Morgan fingerprint density at radius 3 is 2.50 bits per heavy atom. The number of pyridine rings is 1. The summed E-state index contributed by atoms with van der Waals surface area (Å²) in [4.78, 5) is 15.2. The largest absolute Gasteiger partial charge is 0.478 e. The van der Waals surface area contributed by atoms with E-state index in [9.17, 15) is 4.79 Å². The minimum atomic E-state index is -0.928. The van der Waals surface area contributed by atoms with Crippen molar-refractivity contribution in [2.45, 2.75) is 6.92 Å². The second-order valence-corrected chi connectivity index (χ2v) is 3.55. The molecule has 0 unspecified atom stereocenters. The van der Waals surface area contributed by atoms with Crippen LogP contribution in [0.4, 0.5) is 0 Å². The van der Waals surface area contributed by atoms with E-state index >= 15 is 0 Å². The lowest BCUT2D eigenvalue weighted by atomic mass is 10.1. The Balaban J connectivity index is 2.54. The first-order valence-electron chi connectivity index (χ1n) is 4.94. The molecule has 0 aliphatic carbocycles. The third kappa shape index (κ3) is 2.08. The Labute approximate surface area is 93.4 Å². The van der Waals surface area contributed by atoms with Gasteiger partial charge < -0.3 is 5.11 Å². The van der Waals surface area contributed by atoms with E-state index in [2.05, 4.69) is 4.98 Å². The van der Waals surface area contributed by atoms with E-state index in [1.54, 1.807) is 19.1 Å². The number of benzene rings is 1. The van der Waals surface area contributed by atoms with Gasteiger partial charge in [-0.3, -0.25) is 4.98 Å². The first-order chi connectivity index (χ1) is 7.66. The lowest BCUT2D eigenvalue weighted by Crippen LogP contribution is -1.99. The molecule has 0 saturated carbocycles. The molecule has 1 aromatic heterocycles. The van der Waals surface area contributed by atoms with Gasteiger partial charge in [-0.15, -0.1) is 0 Å². The smallest absolute Gasteiger partial charge is 0.335 e. The lowest BCUT2D eigenvalue weighted by Gasteiger charge is -2.04. The molecule has 0 atom stereocenters. The number of carboxylic acids is 1. The quantitative estimate of drug-likeness (QED) is 0.834. The van der Waals surface area contributed by atoms with Crippen LogP contribution in [0.2, 0.25) is 0 Å². The molecular formula is C13H11NO2. The van der Waals surface area contributed by atoms with E-state index < -0.39 is 5.97 Å². The van der Waals surface area contributed by atoms with Crippen LogP contribution in [-0.4, -0.2) is 16.1 Å². The van der Waals surface area contributed by atoms with Crippen LogP contribution >= 0.6 is 0 Å². The molecule has 0 aliphatic heterocycles. The van der Waals surface area contributed by atoms with Gasteiger partial charge in [0.15, 0.2) is 0 Å². The molecule has 80 valence electrons.